The fourth-order valence-corrected chi connectivity index (χ4v) is 7.01. The van der Waals surface area contributed by atoms with Gasteiger partial charge in [-0.15, -0.1) is 0 Å². The van der Waals surface area contributed by atoms with E-state index in [1.165, 1.54) is 77.0 Å². The third-order valence-electron chi connectivity index (χ3n) is 10.4. The lowest BCUT2D eigenvalue weighted by atomic mass is 9.70. The van der Waals surface area contributed by atoms with Crippen molar-refractivity contribution in [1.82, 2.24) is 0 Å². The smallest absolute Gasteiger partial charge is 0.220 e. The molecule has 2 unspecified atom stereocenters. The van der Waals surface area contributed by atoms with Gasteiger partial charge in [0.2, 0.25) is 5.60 Å². The number of hydrogen-bond donors (Lipinski definition) is 3. The van der Waals surface area contributed by atoms with Crippen molar-refractivity contribution in [2.75, 3.05) is 0 Å². The van der Waals surface area contributed by atoms with Crippen molar-refractivity contribution in [3.8, 4) is 0 Å². The van der Waals surface area contributed by atoms with Crippen LogP contribution >= 0.6 is 0 Å². The van der Waals surface area contributed by atoms with E-state index in [4.69, 9.17) is 0 Å². The summed E-state index contributed by atoms with van der Waals surface area (Å²) >= 11 is 0. The summed E-state index contributed by atoms with van der Waals surface area (Å²) < 4.78 is 0. The fourth-order valence-electron chi connectivity index (χ4n) is 7.01. The number of Topliss-reactive ketones (excluding diaryl/α,β-unsaturated/α-hetero) is 4. The Labute approximate surface area is 305 Å². The Bertz CT molecular complexity index is 983. The first kappa shape index (κ1) is 46.1. The number of unbranched alkanes of at least 4 members (excludes halogenated alkanes) is 22. The molecule has 1 aliphatic carbocycles. The van der Waals surface area contributed by atoms with E-state index in [2.05, 4.69) is 38.2 Å². The van der Waals surface area contributed by atoms with Crippen molar-refractivity contribution in [3.05, 3.63) is 24.3 Å². The second-order valence-electron chi connectivity index (χ2n) is 14.8. The molecule has 0 saturated heterocycles. The van der Waals surface area contributed by atoms with Crippen LogP contribution in [0.15, 0.2) is 24.3 Å². The lowest BCUT2D eigenvalue weighted by Gasteiger charge is -2.40. The first-order valence-electron chi connectivity index (χ1n) is 20.7. The number of carbonyl (C=O) groups is 4. The van der Waals surface area contributed by atoms with Crippen molar-refractivity contribution < 1.29 is 34.5 Å². The summed E-state index contributed by atoms with van der Waals surface area (Å²) in [5, 5.41) is 33.7. The summed E-state index contributed by atoms with van der Waals surface area (Å²) in [6.07, 6.45) is 33.7. The van der Waals surface area contributed by atoms with Gasteiger partial charge >= 0.3 is 0 Å². The van der Waals surface area contributed by atoms with Crippen molar-refractivity contribution in [3.63, 3.8) is 0 Å². The van der Waals surface area contributed by atoms with Crippen LogP contribution in [0.2, 0.25) is 0 Å². The lowest BCUT2D eigenvalue weighted by molar-refractivity contribution is -0.202. The number of aliphatic hydroxyl groups excluding tert-OH is 1. The van der Waals surface area contributed by atoms with Gasteiger partial charge in [-0.25, -0.2) is 0 Å². The topological polar surface area (TPSA) is 129 Å². The van der Waals surface area contributed by atoms with Crippen LogP contribution in [0.1, 0.15) is 206 Å². The zero-order valence-electron chi connectivity index (χ0n) is 32.1. The van der Waals surface area contributed by atoms with Gasteiger partial charge in [-0.2, -0.15) is 0 Å². The van der Waals surface area contributed by atoms with Crippen LogP contribution in [0, 0.1) is 0 Å². The predicted molar refractivity (Wildman–Crippen MR) is 204 cm³/mol. The third kappa shape index (κ3) is 17.0. The molecule has 0 amide bonds. The van der Waals surface area contributed by atoms with E-state index in [0.29, 0.717) is 19.3 Å². The maximum atomic E-state index is 13.4. The molecule has 1 rings (SSSR count). The highest BCUT2D eigenvalue weighted by Crippen LogP contribution is 2.38. The van der Waals surface area contributed by atoms with Gasteiger partial charge in [-0.05, 0) is 64.2 Å². The van der Waals surface area contributed by atoms with E-state index in [-0.39, 0.29) is 25.7 Å². The summed E-state index contributed by atoms with van der Waals surface area (Å²) in [6, 6.07) is 0. The third-order valence-corrected chi connectivity index (χ3v) is 10.4. The standard InChI is InChI=1S/C43H74O7/c1-3-5-7-9-11-13-15-17-19-21-23-25-27-29-31-33-37(44)41(48)43(50,42(49)39(46)35-36-40(42)47)38(45)34-32-30-28-26-24-22-20-18-16-14-12-10-8-6-4-2/h17-20,41,48-50H,3-16,21-36H2,1-2H3/b19-17-,20-18-. The van der Waals surface area contributed by atoms with Crippen molar-refractivity contribution in [2.24, 2.45) is 0 Å². The van der Waals surface area contributed by atoms with E-state index in [1.54, 1.807) is 0 Å². The minimum absolute atomic E-state index is 0.110. The van der Waals surface area contributed by atoms with Crippen LogP contribution in [0.25, 0.3) is 0 Å². The lowest BCUT2D eigenvalue weighted by Crippen LogP contribution is -2.72. The number of hydrogen-bond acceptors (Lipinski definition) is 7. The highest BCUT2D eigenvalue weighted by Gasteiger charge is 2.69. The molecule has 0 heterocycles. The minimum Gasteiger partial charge on any atom is -0.382 e. The van der Waals surface area contributed by atoms with Gasteiger partial charge in [0, 0.05) is 25.7 Å². The minimum atomic E-state index is -3.17. The largest absolute Gasteiger partial charge is 0.382 e. The molecular weight excluding hydrogens is 628 g/mol. The molecule has 0 bridgehead atoms. The van der Waals surface area contributed by atoms with Gasteiger partial charge in [-0.3, -0.25) is 19.2 Å². The Hall–Kier alpha value is -1.96. The molecule has 7 heteroatoms. The van der Waals surface area contributed by atoms with Crippen LogP contribution in [-0.4, -0.2) is 55.8 Å². The molecular formula is C43H74O7. The summed E-state index contributed by atoms with van der Waals surface area (Å²) in [7, 11) is 0. The van der Waals surface area contributed by atoms with Crippen molar-refractivity contribution in [1.29, 1.82) is 0 Å². The highest BCUT2D eigenvalue weighted by atomic mass is 16.4. The summed E-state index contributed by atoms with van der Waals surface area (Å²) in [6.45, 7) is 4.46. The van der Waals surface area contributed by atoms with Gasteiger partial charge in [-0.1, -0.05) is 141 Å². The Kier molecular flexibility index (Phi) is 26.4. The number of rotatable bonds is 34. The molecule has 288 valence electrons. The molecule has 0 aromatic carbocycles. The van der Waals surface area contributed by atoms with Crippen LogP contribution in [0.4, 0.5) is 0 Å². The molecule has 7 nitrogen and oxygen atoms in total. The van der Waals surface area contributed by atoms with Crippen LogP contribution < -0.4 is 0 Å². The molecule has 2 atom stereocenters. The molecule has 1 saturated carbocycles. The summed E-state index contributed by atoms with van der Waals surface area (Å²) in [5.74, 6) is -3.89. The van der Waals surface area contributed by atoms with Crippen molar-refractivity contribution >= 4 is 23.1 Å². The average molecular weight is 703 g/mol. The van der Waals surface area contributed by atoms with Gasteiger partial charge in [0.05, 0.1) is 0 Å². The first-order valence-corrected chi connectivity index (χ1v) is 20.7. The maximum Gasteiger partial charge on any atom is 0.220 e. The number of aliphatic hydroxyl groups is 3. The predicted octanol–water partition coefficient (Wildman–Crippen LogP) is 9.95. The van der Waals surface area contributed by atoms with Gasteiger partial charge in [0.15, 0.2) is 34.8 Å². The van der Waals surface area contributed by atoms with Crippen LogP contribution in [0.5, 0.6) is 0 Å². The Balaban J connectivity index is 2.43. The molecule has 1 fully saturated rings. The van der Waals surface area contributed by atoms with E-state index in [9.17, 15) is 34.5 Å². The van der Waals surface area contributed by atoms with Gasteiger partial charge in [0.25, 0.3) is 0 Å². The average Bonchev–Trinajstić information content (AvgIpc) is 3.38. The Morgan fingerprint density at radius 3 is 1.28 bits per heavy atom. The van der Waals surface area contributed by atoms with Crippen LogP contribution in [0.3, 0.4) is 0 Å². The number of ketones is 4. The molecule has 0 radical (unpaired) electrons. The molecule has 1 aliphatic rings. The molecule has 0 spiro atoms. The quantitative estimate of drug-likeness (QED) is 0.0346. The Morgan fingerprint density at radius 1 is 0.580 bits per heavy atom. The Morgan fingerprint density at radius 2 is 0.900 bits per heavy atom. The summed E-state index contributed by atoms with van der Waals surface area (Å²) in [4.78, 5) is 51.8. The second kappa shape index (κ2) is 28.6. The fraction of sp³-hybridized carbons (Fsp3) is 0.814. The highest BCUT2D eigenvalue weighted by molar-refractivity contribution is 6.21. The first-order chi connectivity index (χ1) is 24.2. The number of carbonyl (C=O) groups excluding carboxylic acids is 4. The van der Waals surface area contributed by atoms with Crippen molar-refractivity contribution in [2.45, 2.75) is 224 Å². The monoisotopic (exact) mass is 703 g/mol. The van der Waals surface area contributed by atoms with E-state index < -0.39 is 40.4 Å². The second-order valence-corrected chi connectivity index (χ2v) is 14.8. The number of allylic oxidation sites excluding steroid dienone is 4. The SMILES string of the molecule is CCCCCCCC/C=C\CCCCCCCC(=O)C(O)C(O)(C(=O)CCCCCCC/C=C\CCCCCCCC)C1(O)C(=O)CCC1=O. The molecule has 0 aromatic heterocycles. The maximum absolute atomic E-state index is 13.4. The van der Waals surface area contributed by atoms with Crippen LogP contribution in [-0.2, 0) is 19.2 Å². The van der Waals surface area contributed by atoms with E-state index in [0.717, 1.165) is 70.6 Å². The van der Waals surface area contributed by atoms with E-state index in [1.807, 2.05) is 0 Å². The van der Waals surface area contributed by atoms with Gasteiger partial charge in [0.1, 0.15) is 0 Å². The molecule has 50 heavy (non-hydrogen) atoms. The van der Waals surface area contributed by atoms with E-state index >= 15 is 0 Å². The molecule has 0 aliphatic heterocycles. The zero-order chi connectivity index (χ0) is 36.9. The normalized spacial score (nSPS) is 16.5. The van der Waals surface area contributed by atoms with Gasteiger partial charge < -0.3 is 15.3 Å². The molecule has 0 aromatic rings. The molecule has 3 N–H and O–H groups in total. The summed E-state index contributed by atoms with van der Waals surface area (Å²) in [5.41, 5.74) is -6.26. The zero-order valence-corrected chi connectivity index (χ0v) is 32.1.